The highest BCUT2D eigenvalue weighted by molar-refractivity contribution is 5.57. The Morgan fingerprint density at radius 2 is 2.10 bits per heavy atom. The molecule has 0 radical (unpaired) electrons. The van der Waals surface area contributed by atoms with Crippen molar-refractivity contribution in [2.24, 2.45) is 0 Å². The number of nitrogens with zero attached hydrogens (tertiary/aromatic N) is 2. The summed E-state index contributed by atoms with van der Waals surface area (Å²) in [6, 6.07) is 15.2. The number of aromatic nitrogens is 2. The van der Waals surface area contributed by atoms with Crippen molar-refractivity contribution in [2.45, 2.75) is 25.8 Å². The first kappa shape index (κ1) is 13.8. The van der Waals surface area contributed by atoms with E-state index in [1.54, 1.807) is 0 Å². The summed E-state index contributed by atoms with van der Waals surface area (Å²) in [7, 11) is 2.00. The molecule has 1 aromatic carbocycles. The van der Waals surface area contributed by atoms with Crippen LogP contribution in [-0.2, 0) is 6.42 Å². The standard InChI is InChI=1S/C18H21N3/c1-3-7-14-8-6-9-15(12-14)18(19-2)16-13-20-21-11-5-4-10-17(16)21/h4-6,8-13,18-19H,3,7H2,1-2H3. The number of benzene rings is 1. The first-order valence-corrected chi connectivity index (χ1v) is 7.52. The van der Waals surface area contributed by atoms with Gasteiger partial charge in [0, 0.05) is 11.8 Å². The molecule has 3 heteroatoms. The quantitative estimate of drug-likeness (QED) is 0.773. The maximum atomic E-state index is 4.45. The third kappa shape index (κ3) is 2.69. The summed E-state index contributed by atoms with van der Waals surface area (Å²) in [5.41, 5.74) is 5.05. The number of nitrogens with one attached hydrogen (secondary N) is 1. The minimum absolute atomic E-state index is 0.168. The highest BCUT2D eigenvalue weighted by atomic mass is 15.2. The molecule has 0 saturated carbocycles. The zero-order valence-electron chi connectivity index (χ0n) is 12.6. The van der Waals surface area contributed by atoms with Crippen LogP contribution < -0.4 is 5.32 Å². The molecule has 0 aliphatic carbocycles. The van der Waals surface area contributed by atoms with E-state index in [0.29, 0.717) is 0 Å². The molecule has 108 valence electrons. The van der Waals surface area contributed by atoms with Gasteiger partial charge in [-0.1, -0.05) is 43.7 Å². The van der Waals surface area contributed by atoms with Gasteiger partial charge in [0.2, 0.25) is 0 Å². The van der Waals surface area contributed by atoms with E-state index >= 15 is 0 Å². The lowest BCUT2D eigenvalue weighted by atomic mass is 9.97. The highest BCUT2D eigenvalue weighted by Gasteiger charge is 2.16. The van der Waals surface area contributed by atoms with Gasteiger partial charge in [-0.05, 0) is 36.7 Å². The maximum Gasteiger partial charge on any atom is 0.0712 e. The number of aryl methyl sites for hydroxylation is 1. The summed E-state index contributed by atoms with van der Waals surface area (Å²) in [6.07, 6.45) is 6.24. The van der Waals surface area contributed by atoms with Crippen molar-refractivity contribution in [3.8, 4) is 0 Å². The number of hydrogen-bond donors (Lipinski definition) is 1. The lowest BCUT2D eigenvalue weighted by Crippen LogP contribution is -2.17. The number of rotatable bonds is 5. The molecule has 0 aliphatic heterocycles. The summed E-state index contributed by atoms with van der Waals surface area (Å²) >= 11 is 0. The molecule has 0 amide bonds. The second-order valence-electron chi connectivity index (χ2n) is 5.35. The fraction of sp³-hybridized carbons (Fsp3) is 0.278. The van der Waals surface area contributed by atoms with Gasteiger partial charge in [-0.15, -0.1) is 0 Å². The third-order valence-electron chi connectivity index (χ3n) is 3.88. The Balaban J connectivity index is 2.03. The van der Waals surface area contributed by atoms with Crippen LogP contribution in [0.5, 0.6) is 0 Å². The molecular weight excluding hydrogens is 258 g/mol. The summed E-state index contributed by atoms with van der Waals surface area (Å²) in [4.78, 5) is 0. The van der Waals surface area contributed by atoms with Gasteiger partial charge < -0.3 is 5.32 Å². The van der Waals surface area contributed by atoms with Crippen LogP contribution in [0, 0.1) is 0 Å². The minimum atomic E-state index is 0.168. The van der Waals surface area contributed by atoms with Gasteiger partial charge in [-0.25, -0.2) is 4.52 Å². The molecule has 1 N–H and O–H groups in total. The Hall–Kier alpha value is -2.13. The third-order valence-corrected chi connectivity index (χ3v) is 3.88. The lowest BCUT2D eigenvalue weighted by molar-refractivity contribution is 0.695. The largest absolute Gasteiger partial charge is 0.309 e. The monoisotopic (exact) mass is 279 g/mol. The summed E-state index contributed by atoms with van der Waals surface area (Å²) < 4.78 is 1.93. The van der Waals surface area contributed by atoms with Crippen molar-refractivity contribution in [1.82, 2.24) is 14.9 Å². The molecule has 0 saturated heterocycles. The van der Waals surface area contributed by atoms with Gasteiger partial charge in [0.25, 0.3) is 0 Å². The van der Waals surface area contributed by atoms with Gasteiger partial charge in [0.05, 0.1) is 17.8 Å². The van der Waals surface area contributed by atoms with Crippen LogP contribution in [0.2, 0.25) is 0 Å². The Kier molecular flexibility index (Phi) is 4.02. The first-order chi connectivity index (χ1) is 10.3. The Morgan fingerprint density at radius 1 is 1.19 bits per heavy atom. The molecule has 0 aliphatic rings. The van der Waals surface area contributed by atoms with Crippen LogP contribution >= 0.6 is 0 Å². The Labute approximate surface area is 125 Å². The smallest absolute Gasteiger partial charge is 0.0712 e. The molecule has 0 bridgehead atoms. The fourth-order valence-corrected chi connectivity index (χ4v) is 2.90. The second kappa shape index (κ2) is 6.10. The summed E-state index contributed by atoms with van der Waals surface area (Å²) in [5.74, 6) is 0. The minimum Gasteiger partial charge on any atom is -0.309 e. The number of pyridine rings is 1. The van der Waals surface area contributed by atoms with Crippen molar-refractivity contribution in [1.29, 1.82) is 0 Å². The van der Waals surface area contributed by atoms with Crippen molar-refractivity contribution in [3.05, 3.63) is 71.5 Å². The zero-order chi connectivity index (χ0) is 14.7. The fourth-order valence-electron chi connectivity index (χ4n) is 2.90. The van der Waals surface area contributed by atoms with Crippen LogP contribution in [0.3, 0.4) is 0 Å². The molecule has 3 rings (SSSR count). The van der Waals surface area contributed by atoms with E-state index in [9.17, 15) is 0 Å². The van der Waals surface area contributed by atoms with Crippen LogP contribution in [0.25, 0.3) is 5.52 Å². The van der Waals surface area contributed by atoms with E-state index in [4.69, 9.17) is 0 Å². The number of hydrogen-bond acceptors (Lipinski definition) is 2. The van der Waals surface area contributed by atoms with Crippen LogP contribution in [0.4, 0.5) is 0 Å². The van der Waals surface area contributed by atoms with Crippen molar-refractivity contribution in [2.75, 3.05) is 7.05 Å². The molecule has 21 heavy (non-hydrogen) atoms. The SMILES string of the molecule is CCCc1cccc(C(NC)c2cnn3ccccc23)c1. The van der Waals surface area contributed by atoms with Gasteiger partial charge in [-0.2, -0.15) is 5.10 Å². The summed E-state index contributed by atoms with van der Waals surface area (Å²) in [5, 5.41) is 7.88. The summed E-state index contributed by atoms with van der Waals surface area (Å²) in [6.45, 7) is 2.22. The van der Waals surface area contributed by atoms with Crippen molar-refractivity contribution < 1.29 is 0 Å². The van der Waals surface area contributed by atoms with Gasteiger partial charge >= 0.3 is 0 Å². The predicted octanol–water partition coefficient (Wildman–Crippen LogP) is 3.60. The lowest BCUT2D eigenvalue weighted by Gasteiger charge is -2.17. The van der Waals surface area contributed by atoms with Gasteiger partial charge in [0.1, 0.15) is 0 Å². The van der Waals surface area contributed by atoms with Crippen molar-refractivity contribution in [3.63, 3.8) is 0 Å². The van der Waals surface area contributed by atoms with Crippen LogP contribution in [0.1, 0.15) is 36.1 Å². The van der Waals surface area contributed by atoms with E-state index in [2.05, 4.69) is 53.7 Å². The topological polar surface area (TPSA) is 29.3 Å². The van der Waals surface area contributed by atoms with Crippen molar-refractivity contribution >= 4 is 5.52 Å². The average molecular weight is 279 g/mol. The van der Waals surface area contributed by atoms with E-state index in [1.807, 2.05) is 30.0 Å². The maximum absolute atomic E-state index is 4.45. The molecular formula is C18H21N3. The average Bonchev–Trinajstić information content (AvgIpc) is 2.93. The highest BCUT2D eigenvalue weighted by Crippen LogP contribution is 2.26. The van der Waals surface area contributed by atoms with Crippen LogP contribution in [0.15, 0.2) is 54.9 Å². The van der Waals surface area contributed by atoms with E-state index in [0.717, 1.165) is 11.9 Å². The van der Waals surface area contributed by atoms with E-state index in [1.165, 1.54) is 23.1 Å². The van der Waals surface area contributed by atoms with Gasteiger partial charge in [0.15, 0.2) is 0 Å². The second-order valence-corrected chi connectivity index (χ2v) is 5.35. The molecule has 0 fully saturated rings. The predicted molar refractivity (Wildman–Crippen MR) is 86.5 cm³/mol. The first-order valence-electron chi connectivity index (χ1n) is 7.52. The molecule has 2 aromatic heterocycles. The van der Waals surface area contributed by atoms with E-state index in [-0.39, 0.29) is 6.04 Å². The zero-order valence-corrected chi connectivity index (χ0v) is 12.6. The van der Waals surface area contributed by atoms with Crippen LogP contribution in [-0.4, -0.2) is 16.7 Å². The Morgan fingerprint density at radius 3 is 2.90 bits per heavy atom. The van der Waals surface area contributed by atoms with E-state index < -0.39 is 0 Å². The van der Waals surface area contributed by atoms with Gasteiger partial charge in [-0.3, -0.25) is 0 Å². The molecule has 3 aromatic rings. The molecule has 1 unspecified atom stereocenters. The normalized spacial score (nSPS) is 12.7. The molecule has 2 heterocycles. The molecule has 3 nitrogen and oxygen atoms in total. The Bertz CT molecular complexity index is 730. The molecule has 1 atom stereocenters. The molecule has 0 spiro atoms. The number of fused-ring (bicyclic) bond motifs is 1.